The molecule has 6 heteroatoms. The molecular weight excluding hydrogens is 244 g/mol. The highest BCUT2D eigenvalue weighted by Gasteiger charge is 2.05. The van der Waals surface area contributed by atoms with Gasteiger partial charge in [-0.2, -0.15) is 5.10 Å². The lowest BCUT2D eigenvalue weighted by molar-refractivity contribution is -0.137. The number of benzene rings is 1. The minimum absolute atomic E-state index is 0.820. The Labute approximate surface area is 112 Å². The second kappa shape index (κ2) is 7.15. The van der Waals surface area contributed by atoms with Crippen LogP contribution in [-0.4, -0.2) is 31.1 Å². The molecule has 0 heterocycles. The van der Waals surface area contributed by atoms with Gasteiger partial charge in [0.05, 0.1) is 6.21 Å². The summed E-state index contributed by atoms with van der Waals surface area (Å²) in [5.74, 6) is -2.00. The van der Waals surface area contributed by atoms with Crippen molar-refractivity contribution in [2.24, 2.45) is 10.8 Å². The molecule has 0 fully saturated rings. The summed E-state index contributed by atoms with van der Waals surface area (Å²) in [4.78, 5) is 23.5. The van der Waals surface area contributed by atoms with Crippen LogP contribution in [0.4, 0.5) is 5.69 Å². The maximum absolute atomic E-state index is 10.8. The van der Waals surface area contributed by atoms with Crippen LogP contribution in [-0.2, 0) is 9.59 Å². The second-order valence-electron chi connectivity index (χ2n) is 3.83. The van der Waals surface area contributed by atoms with Gasteiger partial charge in [0.2, 0.25) is 0 Å². The Balaban J connectivity index is 2.64. The van der Waals surface area contributed by atoms with Crippen LogP contribution in [0.1, 0.15) is 19.4 Å². The molecule has 0 aromatic heterocycles. The van der Waals surface area contributed by atoms with E-state index in [4.69, 9.17) is 5.73 Å². The van der Waals surface area contributed by atoms with Crippen molar-refractivity contribution in [3.8, 4) is 0 Å². The number of hydrogen-bond donors (Lipinski definition) is 2. The highest BCUT2D eigenvalue weighted by molar-refractivity contribution is 6.34. The van der Waals surface area contributed by atoms with Crippen LogP contribution in [0.2, 0.25) is 0 Å². The first kappa shape index (κ1) is 14.7. The fourth-order valence-corrected chi connectivity index (χ4v) is 1.58. The van der Waals surface area contributed by atoms with Gasteiger partial charge in [-0.05, 0) is 31.5 Å². The molecule has 0 saturated carbocycles. The molecule has 0 spiro atoms. The van der Waals surface area contributed by atoms with Crippen molar-refractivity contribution < 1.29 is 9.59 Å². The van der Waals surface area contributed by atoms with Gasteiger partial charge in [-0.15, -0.1) is 0 Å². The van der Waals surface area contributed by atoms with Crippen molar-refractivity contribution in [3.05, 3.63) is 29.8 Å². The van der Waals surface area contributed by atoms with Gasteiger partial charge in [-0.25, -0.2) is 5.43 Å². The highest BCUT2D eigenvalue weighted by atomic mass is 16.2. The molecule has 0 unspecified atom stereocenters. The summed E-state index contributed by atoms with van der Waals surface area (Å²) in [6.07, 6.45) is 1.45. The minimum Gasteiger partial charge on any atom is -0.372 e. The maximum Gasteiger partial charge on any atom is 0.329 e. The number of hydrogen-bond acceptors (Lipinski definition) is 4. The van der Waals surface area contributed by atoms with E-state index in [1.54, 1.807) is 0 Å². The predicted molar refractivity (Wildman–Crippen MR) is 74.9 cm³/mol. The number of anilines is 1. The Bertz CT molecular complexity index is 464. The summed E-state index contributed by atoms with van der Waals surface area (Å²) in [6, 6.07) is 7.72. The highest BCUT2D eigenvalue weighted by Crippen LogP contribution is 2.13. The summed E-state index contributed by atoms with van der Waals surface area (Å²) in [6.45, 7) is 6.08. The molecule has 0 radical (unpaired) electrons. The first-order chi connectivity index (χ1) is 9.08. The van der Waals surface area contributed by atoms with Gasteiger partial charge in [0, 0.05) is 18.8 Å². The number of primary amides is 1. The summed E-state index contributed by atoms with van der Waals surface area (Å²) in [5, 5.41) is 3.64. The Morgan fingerprint density at radius 2 is 1.84 bits per heavy atom. The topological polar surface area (TPSA) is 87.8 Å². The molecule has 6 nitrogen and oxygen atoms in total. The molecule has 102 valence electrons. The molecule has 0 atom stereocenters. The van der Waals surface area contributed by atoms with Crippen molar-refractivity contribution >= 4 is 23.7 Å². The van der Waals surface area contributed by atoms with Gasteiger partial charge < -0.3 is 10.6 Å². The molecule has 0 aliphatic carbocycles. The van der Waals surface area contributed by atoms with Crippen molar-refractivity contribution in [2.75, 3.05) is 18.0 Å². The first-order valence-corrected chi connectivity index (χ1v) is 6.06. The predicted octanol–water partition coefficient (Wildman–Crippen LogP) is 0.468. The number of nitrogens with two attached hydrogens (primary N) is 1. The number of carbonyl (C=O) groups excluding carboxylic acids is 2. The fourth-order valence-electron chi connectivity index (χ4n) is 1.58. The summed E-state index contributed by atoms with van der Waals surface area (Å²) in [5.41, 5.74) is 8.75. The van der Waals surface area contributed by atoms with Crippen LogP contribution >= 0.6 is 0 Å². The number of hydrazone groups is 1. The first-order valence-electron chi connectivity index (χ1n) is 6.06. The van der Waals surface area contributed by atoms with E-state index in [1.807, 2.05) is 29.7 Å². The Kier molecular flexibility index (Phi) is 5.53. The number of nitrogens with one attached hydrogen (secondary N) is 1. The molecule has 19 heavy (non-hydrogen) atoms. The zero-order valence-electron chi connectivity index (χ0n) is 11.1. The van der Waals surface area contributed by atoms with Crippen LogP contribution < -0.4 is 16.1 Å². The van der Waals surface area contributed by atoms with E-state index in [1.165, 1.54) is 6.21 Å². The molecular formula is C13H18N4O2. The number of nitrogens with zero attached hydrogens (tertiary/aromatic N) is 2. The van der Waals surface area contributed by atoms with E-state index in [0.29, 0.717) is 0 Å². The third-order valence-corrected chi connectivity index (χ3v) is 2.63. The molecule has 0 bridgehead atoms. The lowest BCUT2D eigenvalue weighted by Crippen LogP contribution is -2.32. The molecule has 2 amide bonds. The van der Waals surface area contributed by atoms with Gasteiger partial charge in [0.1, 0.15) is 0 Å². The lowest BCUT2D eigenvalue weighted by atomic mass is 10.2. The molecule has 1 aromatic rings. The molecule has 0 saturated heterocycles. The Morgan fingerprint density at radius 3 is 2.32 bits per heavy atom. The van der Waals surface area contributed by atoms with E-state index in [-0.39, 0.29) is 0 Å². The zero-order chi connectivity index (χ0) is 14.3. The van der Waals surface area contributed by atoms with E-state index < -0.39 is 11.8 Å². The van der Waals surface area contributed by atoms with Crippen molar-refractivity contribution in [2.45, 2.75) is 13.8 Å². The summed E-state index contributed by atoms with van der Waals surface area (Å²) in [7, 11) is 0. The second-order valence-corrected chi connectivity index (χ2v) is 3.83. The molecule has 0 aliphatic rings. The smallest absolute Gasteiger partial charge is 0.329 e. The van der Waals surface area contributed by atoms with Crippen molar-refractivity contribution in [1.29, 1.82) is 0 Å². The van der Waals surface area contributed by atoms with Crippen LogP contribution in [0.25, 0.3) is 0 Å². The fraction of sp³-hybridized carbons (Fsp3) is 0.308. The normalized spacial score (nSPS) is 10.4. The number of carbonyl (C=O) groups is 2. The molecule has 3 N–H and O–H groups in total. The van der Waals surface area contributed by atoms with Crippen LogP contribution in [0.5, 0.6) is 0 Å². The van der Waals surface area contributed by atoms with Crippen molar-refractivity contribution in [3.63, 3.8) is 0 Å². The molecule has 1 rings (SSSR count). The largest absolute Gasteiger partial charge is 0.372 e. The maximum atomic E-state index is 10.8. The molecule has 1 aromatic carbocycles. The van der Waals surface area contributed by atoms with E-state index in [9.17, 15) is 9.59 Å². The summed E-state index contributed by atoms with van der Waals surface area (Å²) < 4.78 is 0. The van der Waals surface area contributed by atoms with Crippen molar-refractivity contribution in [1.82, 2.24) is 5.43 Å². The Hall–Kier alpha value is -2.37. The number of amides is 2. The summed E-state index contributed by atoms with van der Waals surface area (Å²) >= 11 is 0. The van der Waals surface area contributed by atoms with Gasteiger partial charge in [-0.3, -0.25) is 9.59 Å². The lowest BCUT2D eigenvalue weighted by Gasteiger charge is -2.20. The van der Waals surface area contributed by atoms with Gasteiger partial charge in [-0.1, -0.05) is 12.1 Å². The average Bonchev–Trinajstić information content (AvgIpc) is 2.41. The third kappa shape index (κ3) is 4.42. The molecule has 0 aliphatic heterocycles. The zero-order valence-corrected chi connectivity index (χ0v) is 11.1. The van der Waals surface area contributed by atoms with Gasteiger partial charge in [0.25, 0.3) is 0 Å². The van der Waals surface area contributed by atoms with E-state index in [0.717, 1.165) is 24.3 Å². The van der Waals surface area contributed by atoms with Crippen LogP contribution in [0.15, 0.2) is 29.4 Å². The standard InChI is InChI=1S/C13H18N4O2/c1-3-17(4-2)11-7-5-10(6-8-11)9-15-16-13(19)12(14)18/h5-9H,3-4H2,1-2H3,(H2,14,18)(H,16,19). The van der Waals surface area contributed by atoms with E-state index in [2.05, 4.69) is 23.8 Å². The SMILES string of the molecule is CCN(CC)c1ccc(C=NNC(=O)C(N)=O)cc1. The van der Waals surface area contributed by atoms with Gasteiger partial charge >= 0.3 is 11.8 Å². The minimum atomic E-state index is -1.06. The Morgan fingerprint density at radius 1 is 1.26 bits per heavy atom. The average molecular weight is 262 g/mol. The van der Waals surface area contributed by atoms with Gasteiger partial charge in [0.15, 0.2) is 0 Å². The van der Waals surface area contributed by atoms with Crippen LogP contribution in [0.3, 0.4) is 0 Å². The number of rotatable bonds is 5. The van der Waals surface area contributed by atoms with E-state index >= 15 is 0 Å². The third-order valence-electron chi connectivity index (χ3n) is 2.63. The quantitative estimate of drug-likeness (QED) is 0.459. The van der Waals surface area contributed by atoms with Crippen LogP contribution in [0, 0.1) is 0 Å². The monoisotopic (exact) mass is 262 g/mol.